The summed E-state index contributed by atoms with van der Waals surface area (Å²) in [5, 5.41) is 8.53. The predicted octanol–water partition coefficient (Wildman–Crippen LogP) is 5.60. The van der Waals surface area contributed by atoms with E-state index < -0.39 is 0 Å². The Labute approximate surface area is 165 Å². The lowest BCUT2D eigenvalue weighted by molar-refractivity contribution is 0.102. The van der Waals surface area contributed by atoms with E-state index in [4.69, 9.17) is 4.42 Å². The first-order valence-electron chi connectivity index (χ1n) is 8.48. The molecule has 134 valence electrons. The number of rotatable bonds is 7. The number of carbonyl (C=O) groups excluding carboxylic acids is 1. The van der Waals surface area contributed by atoms with E-state index in [1.807, 2.05) is 30.3 Å². The van der Waals surface area contributed by atoms with Crippen LogP contribution in [0.5, 0.6) is 0 Å². The molecule has 26 heavy (non-hydrogen) atoms. The zero-order valence-electron chi connectivity index (χ0n) is 14.7. The number of nitrogens with zero attached hydrogens (tertiary/aromatic N) is 2. The second-order valence-corrected chi connectivity index (χ2v) is 7.54. The van der Waals surface area contributed by atoms with Crippen molar-refractivity contribution in [2.24, 2.45) is 0 Å². The first kappa shape index (κ1) is 18.9. The number of thioether (sulfide) groups is 1. The van der Waals surface area contributed by atoms with Crippen molar-refractivity contribution in [1.29, 1.82) is 0 Å². The van der Waals surface area contributed by atoms with Crippen LogP contribution in [0, 0.1) is 0 Å². The fourth-order valence-electron chi connectivity index (χ4n) is 2.63. The Morgan fingerprint density at radius 1 is 1.12 bits per heavy atom. The smallest absolute Gasteiger partial charge is 0.277 e. The third-order valence-electron chi connectivity index (χ3n) is 4.10. The molecule has 0 bridgehead atoms. The van der Waals surface area contributed by atoms with Crippen LogP contribution in [-0.4, -0.2) is 21.7 Å². The van der Waals surface area contributed by atoms with E-state index in [1.54, 1.807) is 0 Å². The summed E-state index contributed by atoms with van der Waals surface area (Å²) in [6, 6.07) is 13.8. The molecule has 1 heterocycles. The second-order valence-electron chi connectivity index (χ2n) is 5.76. The van der Waals surface area contributed by atoms with Crippen LogP contribution >= 0.6 is 27.7 Å². The van der Waals surface area contributed by atoms with Gasteiger partial charge in [-0.1, -0.05) is 49.9 Å². The van der Waals surface area contributed by atoms with Crippen LogP contribution in [0.3, 0.4) is 0 Å². The molecule has 0 unspecified atom stereocenters. The number of aryl methyl sites for hydroxylation is 2. The zero-order chi connectivity index (χ0) is 18.5. The molecule has 0 amide bonds. The molecular weight excluding hydrogens is 412 g/mol. The predicted molar refractivity (Wildman–Crippen MR) is 108 cm³/mol. The molecule has 0 fully saturated rings. The lowest BCUT2D eigenvalue weighted by Gasteiger charge is -2.08. The summed E-state index contributed by atoms with van der Waals surface area (Å²) in [5.41, 5.74) is 3.88. The molecule has 0 spiro atoms. The summed E-state index contributed by atoms with van der Waals surface area (Å²) >= 11 is 4.75. The Kier molecular flexibility index (Phi) is 6.27. The number of halogens is 1. The van der Waals surface area contributed by atoms with Gasteiger partial charge in [-0.15, -0.1) is 10.2 Å². The molecule has 0 aliphatic rings. The normalized spacial score (nSPS) is 10.9. The molecule has 2 aromatic carbocycles. The first-order valence-corrected chi connectivity index (χ1v) is 10.3. The highest BCUT2D eigenvalue weighted by atomic mass is 79.9. The van der Waals surface area contributed by atoms with Gasteiger partial charge in [0.05, 0.1) is 11.3 Å². The van der Waals surface area contributed by atoms with Gasteiger partial charge in [0.15, 0.2) is 5.78 Å². The van der Waals surface area contributed by atoms with Gasteiger partial charge < -0.3 is 4.42 Å². The molecule has 0 saturated carbocycles. The summed E-state index contributed by atoms with van der Waals surface area (Å²) < 4.78 is 6.59. The number of ketones is 1. The highest BCUT2D eigenvalue weighted by molar-refractivity contribution is 9.10. The number of carbonyl (C=O) groups is 1. The Hall–Kier alpha value is -1.92. The fraction of sp³-hybridized carbons (Fsp3) is 0.250. The van der Waals surface area contributed by atoms with Gasteiger partial charge in [-0.05, 0) is 58.1 Å². The van der Waals surface area contributed by atoms with Gasteiger partial charge in [0.2, 0.25) is 5.89 Å². The van der Waals surface area contributed by atoms with Crippen LogP contribution in [0.15, 0.2) is 56.6 Å². The minimum atomic E-state index is 0.0859. The van der Waals surface area contributed by atoms with Gasteiger partial charge in [-0.25, -0.2) is 0 Å². The van der Waals surface area contributed by atoms with E-state index >= 15 is 0 Å². The van der Waals surface area contributed by atoms with Crippen molar-refractivity contribution in [3.05, 3.63) is 63.6 Å². The number of hydrogen-bond acceptors (Lipinski definition) is 5. The summed E-state index contributed by atoms with van der Waals surface area (Å²) in [7, 11) is 0. The lowest BCUT2D eigenvalue weighted by Crippen LogP contribution is -2.07. The number of benzene rings is 2. The zero-order valence-corrected chi connectivity index (χ0v) is 17.1. The van der Waals surface area contributed by atoms with E-state index in [1.165, 1.54) is 17.3 Å². The average molecular weight is 431 g/mol. The summed E-state index contributed by atoms with van der Waals surface area (Å²) in [6.45, 7) is 4.15. The molecule has 4 nitrogen and oxygen atoms in total. The molecule has 6 heteroatoms. The molecule has 0 radical (unpaired) electrons. The molecule has 0 N–H and O–H groups in total. The molecule has 3 aromatic rings. The first-order chi connectivity index (χ1) is 12.6. The quantitative estimate of drug-likeness (QED) is 0.360. The third kappa shape index (κ3) is 4.24. The minimum absolute atomic E-state index is 0.0859. The molecule has 0 aliphatic carbocycles. The van der Waals surface area contributed by atoms with Crippen LogP contribution < -0.4 is 0 Å². The van der Waals surface area contributed by atoms with Crippen LogP contribution in [-0.2, 0) is 12.8 Å². The van der Waals surface area contributed by atoms with E-state index in [2.05, 4.69) is 52.1 Å². The summed E-state index contributed by atoms with van der Waals surface area (Å²) in [5.74, 6) is 0.801. The van der Waals surface area contributed by atoms with Gasteiger partial charge >= 0.3 is 0 Å². The Bertz CT molecular complexity index is 924. The molecule has 3 rings (SSSR count). The van der Waals surface area contributed by atoms with Crippen molar-refractivity contribution in [3.8, 4) is 11.5 Å². The standard InChI is InChI=1S/C20H19BrN2O2S/c1-3-13-9-10-14(4-2)16(11-13)18(24)12-26-20-23-22-19(25-20)15-7-5-6-8-17(15)21/h5-11H,3-4,12H2,1-2H3. The van der Waals surface area contributed by atoms with Gasteiger partial charge in [0.1, 0.15) is 0 Å². The third-order valence-corrected chi connectivity index (χ3v) is 5.61. The van der Waals surface area contributed by atoms with Crippen LogP contribution in [0.4, 0.5) is 0 Å². The largest absolute Gasteiger partial charge is 0.411 e. The Balaban J connectivity index is 1.72. The number of aromatic nitrogens is 2. The van der Waals surface area contributed by atoms with Gasteiger partial charge in [-0.2, -0.15) is 0 Å². The topological polar surface area (TPSA) is 56.0 Å². The van der Waals surface area contributed by atoms with Crippen LogP contribution in [0.2, 0.25) is 0 Å². The molecule has 0 aliphatic heterocycles. The van der Waals surface area contributed by atoms with Crippen LogP contribution in [0.25, 0.3) is 11.5 Å². The number of Topliss-reactive ketones (excluding diaryl/α,β-unsaturated/α-hetero) is 1. The molecule has 0 atom stereocenters. The van der Waals surface area contributed by atoms with Crippen molar-refractivity contribution >= 4 is 33.5 Å². The average Bonchev–Trinajstić information content (AvgIpc) is 3.14. The van der Waals surface area contributed by atoms with Crippen molar-refractivity contribution in [3.63, 3.8) is 0 Å². The summed E-state index contributed by atoms with van der Waals surface area (Å²) in [6.07, 6.45) is 1.75. The van der Waals surface area contributed by atoms with E-state index in [-0.39, 0.29) is 11.5 Å². The van der Waals surface area contributed by atoms with Crippen molar-refractivity contribution in [1.82, 2.24) is 10.2 Å². The second kappa shape index (κ2) is 8.64. The Morgan fingerprint density at radius 3 is 2.65 bits per heavy atom. The molecular formula is C20H19BrN2O2S. The van der Waals surface area contributed by atoms with E-state index in [9.17, 15) is 4.79 Å². The summed E-state index contributed by atoms with van der Waals surface area (Å²) in [4.78, 5) is 12.7. The van der Waals surface area contributed by atoms with E-state index in [0.29, 0.717) is 11.1 Å². The monoisotopic (exact) mass is 430 g/mol. The van der Waals surface area contributed by atoms with Gasteiger partial charge in [0, 0.05) is 10.0 Å². The fourth-order valence-corrected chi connectivity index (χ4v) is 3.73. The van der Waals surface area contributed by atoms with Crippen molar-refractivity contribution < 1.29 is 9.21 Å². The maximum atomic E-state index is 12.7. The maximum absolute atomic E-state index is 12.7. The van der Waals surface area contributed by atoms with Gasteiger partial charge in [-0.3, -0.25) is 4.79 Å². The number of hydrogen-bond donors (Lipinski definition) is 0. The SMILES string of the molecule is CCc1ccc(CC)c(C(=O)CSc2nnc(-c3ccccc3Br)o2)c1. The van der Waals surface area contributed by atoms with Gasteiger partial charge in [0.25, 0.3) is 5.22 Å². The minimum Gasteiger partial charge on any atom is -0.411 e. The van der Waals surface area contributed by atoms with Crippen LogP contribution in [0.1, 0.15) is 35.3 Å². The van der Waals surface area contributed by atoms with Crippen molar-refractivity contribution in [2.45, 2.75) is 31.9 Å². The van der Waals surface area contributed by atoms with Crippen molar-refractivity contribution in [2.75, 3.05) is 5.75 Å². The van der Waals surface area contributed by atoms with E-state index in [0.717, 1.165) is 34.0 Å². The Morgan fingerprint density at radius 2 is 1.92 bits per heavy atom. The molecule has 1 aromatic heterocycles. The maximum Gasteiger partial charge on any atom is 0.277 e. The molecule has 0 saturated heterocycles. The highest BCUT2D eigenvalue weighted by Crippen LogP contribution is 2.29. The highest BCUT2D eigenvalue weighted by Gasteiger charge is 2.16. The lowest BCUT2D eigenvalue weighted by atomic mass is 9.98.